The van der Waals surface area contributed by atoms with Gasteiger partial charge in [-0.1, -0.05) is 19.4 Å². The number of ether oxygens (including phenoxy) is 1. The highest BCUT2D eigenvalue weighted by atomic mass is 127. The molecule has 6 heteroatoms. The molecule has 0 aliphatic carbocycles. The van der Waals surface area contributed by atoms with Gasteiger partial charge in [0.05, 0.1) is 18.8 Å². The van der Waals surface area contributed by atoms with Crippen LogP contribution in [0.5, 0.6) is 0 Å². The van der Waals surface area contributed by atoms with Gasteiger partial charge in [-0.15, -0.1) is 24.0 Å². The minimum atomic E-state index is 0. The van der Waals surface area contributed by atoms with Crippen molar-refractivity contribution in [3.8, 4) is 0 Å². The molecule has 0 bridgehead atoms. The van der Waals surface area contributed by atoms with Crippen LogP contribution in [0.2, 0.25) is 0 Å². The second-order valence-electron chi connectivity index (χ2n) is 4.41. The lowest BCUT2D eigenvalue weighted by Crippen LogP contribution is -2.39. The Kier molecular flexibility index (Phi) is 13.5. The van der Waals surface area contributed by atoms with Crippen LogP contribution in [0.3, 0.4) is 0 Å². The minimum Gasteiger partial charge on any atom is -0.380 e. The molecule has 1 aromatic heterocycles. The molecule has 120 valence electrons. The molecular formula is C15H27IN4O. The van der Waals surface area contributed by atoms with Gasteiger partial charge in [0, 0.05) is 25.9 Å². The quantitative estimate of drug-likeness (QED) is 0.287. The van der Waals surface area contributed by atoms with Crippen LogP contribution >= 0.6 is 24.0 Å². The number of hydrogen-bond donors (Lipinski definition) is 2. The second kappa shape index (κ2) is 14.1. The number of pyridine rings is 1. The topological polar surface area (TPSA) is 58.5 Å². The molecule has 0 unspecified atom stereocenters. The summed E-state index contributed by atoms with van der Waals surface area (Å²) in [5.41, 5.74) is 0.962. The number of nitrogens with one attached hydrogen (secondary N) is 2. The smallest absolute Gasteiger partial charge is 0.191 e. The standard InChI is InChI=1S/C15H26N4O.HI/c1-3-5-11-20-12-10-18-15(16-4-2)19-13-14-8-6-7-9-17-14;/h6-9H,3-5,10-13H2,1-2H3,(H2,16,18,19);1H. The van der Waals surface area contributed by atoms with Gasteiger partial charge in [0.2, 0.25) is 0 Å². The zero-order valence-electron chi connectivity index (χ0n) is 13.0. The SMILES string of the molecule is CCCCOCCNC(=NCc1ccccn1)NCC.I. The van der Waals surface area contributed by atoms with Crippen molar-refractivity contribution in [1.82, 2.24) is 15.6 Å². The molecule has 0 aliphatic rings. The van der Waals surface area contributed by atoms with Crippen molar-refractivity contribution in [2.45, 2.75) is 33.2 Å². The summed E-state index contributed by atoms with van der Waals surface area (Å²) >= 11 is 0. The number of aliphatic imine (C=N–C) groups is 1. The van der Waals surface area contributed by atoms with Crippen LogP contribution in [0.25, 0.3) is 0 Å². The van der Waals surface area contributed by atoms with E-state index >= 15 is 0 Å². The largest absolute Gasteiger partial charge is 0.380 e. The summed E-state index contributed by atoms with van der Waals surface area (Å²) in [5, 5.41) is 6.46. The molecular weight excluding hydrogens is 379 g/mol. The molecule has 0 spiro atoms. The lowest BCUT2D eigenvalue weighted by atomic mass is 10.3. The maximum atomic E-state index is 5.51. The van der Waals surface area contributed by atoms with Crippen LogP contribution in [-0.4, -0.2) is 37.2 Å². The van der Waals surface area contributed by atoms with Crippen molar-refractivity contribution in [2.75, 3.05) is 26.3 Å². The zero-order valence-corrected chi connectivity index (χ0v) is 15.3. The Hall–Kier alpha value is -0.890. The van der Waals surface area contributed by atoms with Crippen molar-refractivity contribution < 1.29 is 4.74 Å². The summed E-state index contributed by atoms with van der Waals surface area (Å²) in [4.78, 5) is 8.75. The molecule has 0 saturated carbocycles. The van der Waals surface area contributed by atoms with E-state index in [1.165, 1.54) is 6.42 Å². The summed E-state index contributed by atoms with van der Waals surface area (Å²) in [6, 6.07) is 5.85. The van der Waals surface area contributed by atoms with Crippen LogP contribution in [0.4, 0.5) is 0 Å². The number of halogens is 1. The molecule has 1 rings (SSSR count). The molecule has 0 saturated heterocycles. The third-order valence-electron chi connectivity index (χ3n) is 2.65. The van der Waals surface area contributed by atoms with E-state index in [9.17, 15) is 0 Å². The number of unbranched alkanes of at least 4 members (excludes halogenated alkanes) is 1. The Morgan fingerprint density at radius 3 is 2.76 bits per heavy atom. The Bertz CT molecular complexity index is 373. The van der Waals surface area contributed by atoms with Crippen molar-refractivity contribution in [2.24, 2.45) is 4.99 Å². The van der Waals surface area contributed by atoms with Gasteiger partial charge in [0.1, 0.15) is 0 Å². The summed E-state index contributed by atoms with van der Waals surface area (Å²) < 4.78 is 5.51. The van der Waals surface area contributed by atoms with Crippen molar-refractivity contribution >= 4 is 29.9 Å². The summed E-state index contributed by atoms with van der Waals surface area (Å²) in [7, 11) is 0. The predicted octanol–water partition coefficient (Wildman–Crippen LogP) is 2.57. The van der Waals surface area contributed by atoms with Gasteiger partial charge in [0.25, 0.3) is 0 Å². The minimum absolute atomic E-state index is 0. The van der Waals surface area contributed by atoms with E-state index in [2.05, 4.69) is 34.5 Å². The molecule has 0 aromatic carbocycles. The molecule has 0 aliphatic heterocycles. The average molecular weight is 406 g/mol. The van der Waals surface area contributed by atoms with Crippen LogP contribution in [-0.2, 0) is 11.3 Å². The summed E-state index contributed by atoms with van der Waals surface area (Å²) in [6.45, 7) is 7.92. The van der Waals surface area contributed by atoms with Gasteiger partial charge in [-0.2, -0.15) is 0 Å². The van der Waals surface area contributed by atoms with Crippen molar-refractivity contribution in [3.63, 3.8) is 0 Å². The van der Waals surface area contributed by atoms with E-state index in [-0.39, 0.29) is 24.0 Å². The van der Waals surface area contributed by atoms with Crippen molar-refractivity contribution in [3.05, 3.63) is 30.1 Å². The van der Waals surface area contributed by atoms with Gasteiger partial charge < -0.3 is 15.4 Å². The van der Waals surface area contributed by atoms with Crippen LogP contribution < -0.4 is 10.6 Å². The molecule has 1 aromatic rings. The first-order valence-corrected chi connectivity index (χ1v) is 7.36. The lowest BCUT2D eigenvalue weighted by molar-refractivity contribution is 0.136. The fraction of sp³-hybridized carbons (Fsp3) is 0.600. The zero-order chi connectivity index (χ0) is 14.5. The van der Waals surface area contributed by atoms with E-state index in [4.69, 9.17) is 4.74 Å². The van der Waals surface area contributed by atoms with E-state index in [0.29, 0.717) is 13.2 Å². The highest BCUT2D eigenvalue weighted by molar-refractivity contribution is 14.0. The molecule has 0 radical (unpaired) electrons. The third-order valence-corrected chi connectivity index (χ3v) is 2.65. The number of nitrogens with zero attached hydrogens (tertiary/aromatic N) is 2. The fourth-order valence-corrected chi connectivity index (χ4v) is 1.58. The molecule has 2 N–H and O–H groups in total. The number of guanidine groups is 1. The van der Waals surface area contributed by atoms with E-state index in [0.717, 1.165) is 37.8 Å². The molecule has 0 amide bonds. The molecule has 1 heterocycles. The summed E-state index contributed by atoms with van der Waals surface area (Å²) in [6.07, 6.45) is 4.07. The Morgan fingerprint density at radius 1 is 1.24 bits per heavy atom. The second-order valence-corrected chi connectivity index (χ2v) is 4.41. The third kappa shape index (κ3) is 10.5. The normalized spacial score (nSPS) is 10.9. The monoisotopic (exact) mass is 406 g/mol. The first kappa shape index (κ1) is 20.1. The van der Waals surface area contributed by atoms with Crippen LogP contribution in [0, 0.1) is 0 Å². The predicted molar refractivity (Wildman–Crippen MR) is 98.2 cm³/mol. The summed E-state index contributed by atoms with van der Waals surface area (Å²) in [5.74, 6) is 0.803. The molecule has 5 nitrogen and oxygen atoms in total. The van der Waals surface area contributed by atoms with Crippen LogP contribution in [0.15, 0.2) is 29.4 Å². The fourth-order valence-electron chi connectivity index (χ4n) is 1.58. The van der Waals surface area contributed by atoms with Crippen molar-refractivity contribution in [1.29, 1.82) is 0 Å². The van der Waals surface area contributed by atoms with E-state index < -0.39 is 0 Å². The maximum absolute atomic E-state index is 5.51. The first-order valence-electron chi connectivity index (χ1n) is 7.36. The van der Waals surface area contributed by atoms with Gasteiger partial charge in [0.15, 0.2) is 5.96 Å². The van der Waals surface area contributed by atoms with Gasteiger partial charge >= 0.3 is 0 Å². The average Bonchev–Trinajstić information content (AvgIpc) is 2.49. The highest BCUT2D eigenvalue weighted by Gasteiger charge is 1.97. The Morgan fingerprint density at radius 2 is 2.10 bits per heavy atom. The Balaban J connectivity index is 0.00000400. The molecule has 21 heavy (non-hydrogen) atoms. The van der Waals surface area contributed by atoms with Gasteiger partial charge in [-0.3, -0.25) is 4.98 Å². The Labute approximate surface area is 145 Å². The first-order chi connectivity index (χ1) is 9.86. The van der Waals surface area contributed by atoms with Crippen LogP contribution in [0.1, 0.15) is 32.4 Å². The van der Waals surface area contributed by atoms with E-state index in [1.807, 2.05) is 18.2 Å². The molecule has 0 atom stereocenters. The number of rotatable bonds is 9. The molecule has 0 fully saturated rings. The maximum Gasteiger partial charge on any atom is 0.191 e. The van der Waals surface area contributed by atoms with Gasteiger partial charge in [-0.25, -0.2) is 4.99 Å². The highest BCUT2D eigenvalue weighted by Crippen LogP contribution is 1.95. The van der Waals surface area contributed by atoms with Gasteiger partial charge in [-0.05, 0) is 25.5 Å². The number of aromatic nitrogens is 1. The number of hydrogen-bond acceptors (Lipinski definition) is 3. The van der Waals surface area contributed by atoms with E-state index in [1.54, 1.807) is 6.20 Å². The lowest BCUT2D eigenvalue weighted by Gasteiger charge is -2.11.